The third kappa shape index (κ3) is 8.17. The van der Waals surface area contributed by atoms with E-state index in [1.807, 2.05) is 38.2 Å². The van der Waals surface area contributed by atoms with Gasteiger partial charge >= 0.3 is 21.7 Å². The normalized spacial score (nSPS) is 19.8. The van der Waals surface area contributed by atoms with E-state index < -0.39 is 8.24 Å². The van der Waals surface area contributed by atoms with Gasteiger partial charge < -0.3 is 4.98 Å². The molecule has 1 rings (SSSR count). The number of allylic oxidation sites excluding steroid dienone is 4. The van der Waals surface area contributed by atoms with Crippen molar-refractivity contribution in [2.75, 3.05) is 0 Å². The van der Waals surface area contributed by atoms with Gasteiger partial charge in [-0.05, 0) is 43.1 Å². The van der Waals surface area contributed by atoms with Crippen LogP contribution in [0.4, 0.5) is 0 Å². The Morgan fingerprint density at radius 1 is 0.750 bits per heavy atom. The van der Waals surface area contributed by atoms with Crippen LogP contribution in [0.1, 0.15) is 62.3 Å². The van der Waals surface area contributed by atoms with Crippen LogP contribution < -0.4 is 0 Å². The van der Waals surface area contributed by atoms with E-state index in [2.05, 4.69) is 61.6 Å². The third-order valence-electron chi connectivity index (χ3n) is 4.16. The summed E-state index contributed by atoms with van der Waals surface area (Å²) in [6, 6.07) is 0. The van der Waals surface area contributed by atoms with Gasteiger partial charge in [-0.3, -0.25) is 0 Å². The molecule has 24 heavy (non-hydrogen) atoms. The minimum atomic E-state index is -1.69. The molecule has 0 aromatic rings. The molecule has 3 heteroatoms. The summed E-state index contributed by atoms with van der Waals surface area (Å²) >= 11 is 0. The van der Waals surface area contributed by atoms with E-state index in [0.717, 1.165) is 0 Å². The fourth-order valence-corrected chi connectivity index (χ4v) is 7.25. The first kappa shape index (κ1) is 26.6. The van der Waals surface area contributed by atoms with E-state index in [-0.39, 0.29) is 27.3 Å². The Labute approximate surface area is 169 Å². The molecular formula is C21H37NSiTi+2. The molecule has 1 saturated carbocycles. The molecular weight excluding hydrogens is 342 g/mol. The maximum Gasteiger partial charge on any atom is 3.00 e. The number of nitrogens with zero attached hydrogens (tertiary/aromatic N) is 1. The van der Waals surface area contributed by atoms with Gasteiger partial charge in [0.1, 0.15) is 0 Å². The van der Waals surface area contributed by atoms with Crippen molar-refractivity contribution >= 4 is 8.24 Å². The van der Waals surface area contributed by atoms with Crippen molar-refractivity contribution in [3.8, 4) is 0 Å². The maximum absolute atomic E-state index is 5.13. The van der Waals surface area contributed by atoms with Crippen molar-refractivity contribution in [1.29, 1.82) is 0 Å². The molecule has 0 spiro atoms. The number of hydrogen-bond donors (Lipinski definition) is 0. The molecule has 1 aliphatic carbocycles. The standard InChI is InChI=1S/C15H27NSi.C6H10.Ti/c1-10-11(2)13(4)14(12(10)3)17(8,9)16-15(5,6)7;1-3-5-6-4-2;/h1-9H3;3-6H,1-2H3;/q-1;;+3/b;5-3+,6-4+;. The van der Waals surface area contributed by atoms with Gasteiger partial charge in [-0.1, -0.05) is 94.1 Å². The molecule has 0 aromatic heterocycles. The summed E-state index contributed by atoms with van der Waals surface area (Å²) in [7, 11) is -1.69. The number of rotatable bonds is 3. The third-order valence-corrected chi connectivity index (χ3v) is 7.36. The minimum Gasteiger partial charge on any atom is -0.659 e. The molecule has 0 N–H and O–H groups in total. The van der Waals surface area contributed by atoms with Crippen LogP contribution in [-0.2, 0) is 21.7 Å². The summed E-state index contributed by atoms with van der Waals surface area (Å²) in [5.41, 5.74) is 1.62. The topological polar surface area (TPSA) is 14.1 Å². The molecule has 0 unspecified atom stereocenters. The molecule has 0 atom stereocenters. The van der Waals surface area contributed by atoms with E-state index in [1.54, 1.807) is 5.54 Å². The summed E-state index contributed by atoms with van der Waals surface area (Å²) < 4.78 is 0. The van der Waals surface area contributed by atoms with Crippen LogP contribution in [-0.4, -0.2) is 13.8 Å². The minimum absolute atomic E-state index is 0. The van der Waals surface area contributed by atoms with Crippen molar-refractivity contribution in [2.24, 2.45) is 0 Å². The molecule has 1 aliphatic rings. The SMILES string of the molecule is C/C=C/C=C/C.C[C]1[C](C)[C](C)[C]([Si](C)(C)[N-]C(C)(C)C)[C]1C.[Ti+3]. The second-order valence-electron chi connectivity index (χ2n) is 7.77. The zero-order valence-electron chi connectivity index (χ0n) is 17.8. The fourth-order valence-electron chi connectivity index (χ4n) is 3.25. The molecule has 6 radical (unpaired) electrons. The Kier molecular flexibility index (Phi) is 12.4. The number of hydrogen-bond acceptors (Lipinski definition) is 0. The van der Waals surface area contributed by atoms with Gasteiger partial charge in [0, 0.05) is 0 Å². The summed E-state index contributed by atoms with van der Waals surface area (Å²) in [4.78, 5) is 5.13. The van der Waals surface area contributed by atoms with Crippen LogP contribution in [0.15, 0.2) is 24.3 Å². The Morgan fingerprint density at radius 3 is 1.33 bits per heavy atom. The average molecular weight is 379 g/mol. The predicted molar refractivity (Wildman–Crippen MR) is 109 cm³/mol. The van der Waals surface area contributed by atoms with Crippen LogP contribution in [0.25, 0.3) is 4.98 Å². The molecule has 132 valence electrons. The molecule has 0 amide bonds. The van der Waals surface area contributed by atoms with Gasteiger partial charge in [0.25, 0.3) is 0 Å². The van der Waals surface area contributed by atoms with Crippen LogP contribution in [0, 0.1) is 29.2 Å². The molecule has 1 fully saturated rings. The Morgan fingerprint density at radius 2 is 1.08 bits per heavy atom. The predicted octanol–water partition coefficient (Wildman–Crippen LogP) is 7.00. The zero-order chi connectivity index (χ0) is 18.4. The van der Waals surface area contributed by atoms with Gasteiger partial charge in [0.2, 0.25) is 0 Å². The Hall–Kier alpha value is 0.371. The van der Waals surface area contributed by atoms with Gasteiger partial charge in [0.15, 0.2) is 0 Å². The van der Waals surface area contributed by atoms with Crippen molar-refractivity contribution < 1.29 is 21.7 Å². The van der Waals surface area contributed by atoms with E-state index >= 15 is 0 Å². The summed E-state index contributed by atoms with van der Waals surface area (Å²) in [6.07, 6.45) is 8.00. The Balaban J connectivity index is 0. The zero-order valence-corrected chi connectivity index (χ0v) is 20.3. The largest absolute Gasteiger partial charge is 3.00 e. The van der Waals surface area contributed by atoms with Crippen LogP contribution >= 0.6 is 0 Å². The van der Waals surface area contributed by atoms with Crippen LogP contribution in [0.2, 0.25) is 13.1 Å². The quantitative estimate of drug-likeness (QED) is 0.370. The maximum atomic E-state index is 5.13. The van der Waals surface area contributed by atoms with Crippen molar-refractivity contribution in [3.05, 3.63) is 58.5 Å². The molecule has 1 nitrogen and oxygen atoms in total. The summed E-state index contributed by atoms with van der Waals surface area (Å²) in [6.45, 7) is 24.3. The first-order valence-corrected chi connectivity index (χ1v) is 11.5. The summed E-state index contributed by atoms with van der Waals surface area (Å²) in [5, 5.41) is 0. The Bertz CT molecular complexity index is 371. The van der Waals surface area contributed by atoms with Gasteiger partial charge in [-0.25, -0.2) is 0 Å². The van der Waals surface area contributed by atoms with E-state index in [9.17, 15) is 0 Å². The molecule has 0 aliphatic heterocycles. The van der Waals surface area contributed by atoms with Crippen molar-refractivity contribution in [2.45, 2.75) is 80.9 Å². The first-order valence-electron chi connectivity index (χ1n) is 8.60. The fraction of sp³-hybridized carbons (Fsp3) is 0.571. The monoisotopic (exact) mass is 379 g/mol. The van der Waals surface area contributed by atoms with Crippen LogP contribution in [0.3, 0.4) is 0 Å². The first-order chi connectivity index (χ1) is 10.4. The molecule has 0 aromatic carbocycles. The smallest absolute Gasteiger partial charge is 0.659 e. The average Bonchev–Trinajstić information content (AvgIpc) is 2.59. The second-order valence-corrected chi connectivity index (χ2v) is 11.6. The van der Waals surface area contributed by atoms with Gasteiger partial charge in [-0.15, -0.1) is 5.54 Å². The summed E-state index contributed by atoms with van der Waals surface area (Å²) in [5.74, 6) is 5.87. The van der Waals surface area contributed by atoms with Crippen molar-refractivity contribution in [3.63, 3.8) is 0 Å². The second kappa shape index (κ2) is 11.2. The molecule has 0 heterocycles. The van der Waals surface area contributed by atoms with E-state index in [4.69, 9.17) is 4.98 Å². The van der Waals surface area contributed by atoms with Crippen molar-refractivity contribution in [1.82, 2.24) is 0 Å². The van der Waals surface area contributed by atoms with Gasteiger partial charge in [0.05, 0.1) is 0 Å². The van der Waals surface area contributed by atoms with E-state index in [0.29, 0.717) is 0 Å². The molecule has 0 bridgehead atoms. The van der Waals surface area contributed by atoms with Crippen LogP contribution in [0.5, 0.6) is 0 Å². The van der Waals surface area contributed by atoms with E-state index in [1.165, 1.54) is 23.7 Å². The van der Waals surface area contributed by atoms with Gasteiger partial charge in [-0.2, -0.15) is 0 Å². The molecule has 0 saturated heterocycles.